The van der Waals surface area contributed by atoms with Gasteiger partial charge in [-0.3, -0.25) is 9.59 Å². The molecule has 26 heavy (non-hydrogen) atoms. The van der Waals surface area contributed by atoms with Gasteiger partial charge < -0.3 is 10.2 Å². The van der Waals surface area contributed by atoms with Crippen LogP contribution in [0.25, 0.3) is 0 Å². The Kier molecular flexibility index (Phi) is 5.05. The van der Waals surface area contributed by atoms with Gasteiger partial charge in [-0.15, -0.1) is 0 Å². The van der Waals surface area contributed by atoms with E-state index in [0.29, 0.717) is 17.3 Å². The normalized spacial score (nSPS) is 13.9. The van der Waals surface area contributed by atoms with Crippen molar-refractivity contribution >= 4 is 34.8 Å². The summed E-state index contributed by atoms with van der Waals surface area (Å²) in [6.45, 7) is 5.81. The molecule has 0 saturated heterocycles. The third-order valence-electron chi connectivity index (χ3n) is 4.97. The van der Waals surface area contributed by atoms with Crippen LogP contribution in [0.15, 0.2) is 42.5 Å². The molecule has 0 saturated carbocycles. The van der Waals surface area contributed by atoms with Gasteiger partial charge in [-0.1, -0.05) is 35.9 Å². The number of benzene rings is 2. The van der Waals surface area contributed by atoms with Gasteiger partial charge in [0, 0.05) is 22.9 Å². The minimum Gasteiger partial charge on any atom is -0.325 e. The third kappa shape index (κ3) is 3.34. The van der Waals surface area contributed by atoms with Crippen LogP contribution in [0.5, 0.6) is 0 Å². The minimum absolute atomic E-state index is 0.193. The van der Waals surface area contributed by atoms with E-state index in [1.54, 1.807) is 36.9 Å². The Balaban J connectivity index is 1.84. The van der Waals surface area contributed by atoms with Crippen LogP contribution in [0.3, 0.4) is 0 Å². The molecule has 1 heterocycles. The fourth-order valence-corrected chi connectivity index (χ4v) is 3.38. The summed E-state index contributed by atoms with van der Waals surface area (Å²) in [5.41, 5.74) is 2.27. The molecule has 0 unspecified atom stereocenters. The van der Waals surface area contributed by atoms with E-state index < -0.39 is 5.41 Å². The monoisotopic (exact) mass is 370 g/mol. The van der Waals surface area contributed by atoms with Crippen LogP contribution >= 0.6 is 11.6 Å². The highest BCUT2D eigenvalue weighted by Crippen LogP contribution is 2.32. The molecule has 2 aromatic carbocycles. The topological polar surface area (TPSA) is 49.4 Å². The molecule has 0 atom stereocenters. The smallest absolute Gasteiger partial charge is 0.242 e. The first-order chi connectivity index (χ1) is 12.3. The number of hydrogen-bond donors (Lipinski definition) is 1. The van der Waals surface area contributed by atoms with Gasteiger partial charge in [0.25, 0.3) is 0 Å². The van der Waals surface area contributed by atoms with Crippen LogP contribution < -0.4 is 10.2 Å². The lowest BCUT2D eigenvalue weighted by atomic mass is 9.88. The molecule has 1 N–H and O–H groups in total. The molecule has 0 radical (unpaired) electrons. The van der Waals surface area contributed by atoms with Crippen LogP contribution in [0.1, 0.15) is 31.4 Å². The Bertz CT molecular complexity index is 861. The Morgan fingerprint density at radius 1 is 1.12 bits per heavy atom. The first-order valence-electron chi connectivity index (χ1n) is 8.79. The number of carbonyl (C=O) groups is 2. The van der Waals surface area contributed by atoms with E-state index in [1.165, 1.54) is 0 Å². The minimum atomic E-state index is -1.20. The van der Waals surface area contributed by atoms with E-state index in [9.17, 15) is 9.59 Å². The molecule has 2 amide bonds. The maximum atomic E-state index is 13.2. The molecule has 136 valence electrons. The Morgan fingerprint density at radius 2 is 1.85 bits per heavy atom. The molecular formula is C21H23ClN2O2. The number of para-hydroxylation sites is 1. The van der Waals surface area contributed by atoms with Crippen molar-refractivity contribution < 1.29 is 9.59 Å². The van der Waals surface area contributed by atoms with E-state index in [0.717, 1.165) is 29.7 Å². The zero-order valence-electron chi connectivity index (χ0n) is 15.3. The first kappa shape index (κ1) is 18.5. The Hall–Kier alpha value is -2.33. The predicted molar refractivity (Wildman–Crippen MR) is 106 cm³/mol. The second kappa shape index (κ2) is 7.12. The third-order valence-corrected chi connectivity index (χ3v) is 5.38. The van der Waals surface area contributed by atoms with Crippen LogP contribution in [-0.2, 0) is 16.0 Å². The maximum Gasteiger partial charge on any atom is 0.242 e. The van der Waals surface area contributed by atoms with Crippen LogP contribution in [0, 0.1) is 12.3 Å². The molecular weight excluding hydrogens is 348 g/mol. The highest BCUT2D eigenvalue weighted by atomic mass is 35.5. The van der Waals surface area contributed by atoms with Gasteiger partial charge in [-0.05, 0) is 62.9 Å². The predicted octanol–water partition coefficient (Wildman–Crippen LogP) is 4.59. The number of rotatable bonds is 3. The number of hydrogen-bond acceptors (Lipinski definition) is 2. The molecule has 2 aromatic rings. The van der Waals surface area contributed by atoms with Crippen molar-refractivity contribution in [3.05, 3.63) is 58.6 Å². The first-order valence-corrected chi connectivity index (χ1v) is 9.16. The van der Waals surface area contributed by atoms with Gasteiger partial charge in [-0.2, -0.15) is 0 Å². The lowest BCUT2D eigenvalue weighted by Gasteiger charge is -2.35. The number of nitrogens with one attached hydrogen (secondary N) is 1. The van der Waals surface area contributed by atoms with Crippen molar-refractivity contribution in [2.45, 2.75) is 33.6 Å². The van der Waals surface area contributed by atoms with Gasteiger partial charge in [-0.25, -0.2) is 0 Å². The van der Waals surface area contributed by atoms with E-state index in [4.69, 9.17) is 11.6 Å². The molecule has 5 heteroatoms. The number of nitrogens with zero attached hydrogens (tertiary/aromatic N) is 1. The lowest BCUT2D eigenvalue weighted by molar-refractivity contribution is -0.136. The average Bonchev–Trinajstić information content (AvgIpc) is 2.64. The molecule has 0 aromatic heterocycles. The zero-order valence-corrected chi connectivity index (χ0v) is 16.1. The number of anilines is 2. The van der Waals surface area contributed by atoms with Crippen molar-refractivity contribution in [3.8, 4) is 0 Å². The van der Waals surface area contributed by atoms with Crippen molar-refractivity contribution in [2.75, 3.05) is 16.8 Å². The van der Waals surface area contributed by atoms with Gasteiger partial charge in [0.1, 0.15) is 5.41 Å². The molecule has 0 fully saturated rings. The van der Waals surface area contributed by atoms with Gasteiger partial charge in [0.2, 0.25) is 11.8 Å². The van der Waals surface area contributed by atoms with Gasteiger partial charge in [0.05, 0.1) is 0 Å². The summed E-state index contributed by atoms with van der Waals surface area (Å²) in [5, 5.41) is 3.44. The number of halogens is 1. The fraction of sp³-hybridized carbons (Fsp3) is 0.333. The average molecular weight is 371 g/mol. The van der Waals surface area contributed by atoms with E-state index in [1.807, 2.05) is 31.2 Å². The summed E-state index contributed by atoms with van der Waals surface area (Å²) in [4.78, 5) is 27.8. The number of amides is 2. The molecule has 3 rings (SSSR count). The van der Waals surface area contributed by atoms with Crippen molar-refractivity contribution in [3.63, 3.8) is 0 Å². The van der Waals surface area contributed by atoms with Crippen molar-refractivity contribution in [1.82, 2.24) is 0 Å². The molecule has 0 aliphatic carbocycles. The molecule has 1 aliphatic heterocycles. The quantitative estimate of drug-likeness (QED) is 0.803. The zero-order chi connectivity index (χ0) is 18.9. The summed E-state index contributed by atoms with van der Waals surface area (Å²) in [6, 6.07) is 13.2. The summed E-state index contributed by atoms with van der Waals surface area (Å²) in [6.07, 6.45) is 1.85. The van der Waals surface area contributed by atoms with Gasteiger partial charge >= 0.3 is 0 Å². The van der Waals surface area contributed by atoms with E-state index in [2.05, 4.69) is 5.32 Å². The maximum absolute atomic E-state index is 13.2. The van der Waals surface area contributed by atoms with Crippen molar-refractivity contribution in [1.29, 1.82) is 0 Å². The summed E-state index contributed by atoms with van der Waals surface area (Å²) in [5.74, 6) is -0.530. The molecule has 0 spiro atoms. The van der Waals surface area contributed by atoms with E-state index in [-0.39, 0.29) is 11.8 Å². The largest absolute Gasteiger partial charge is 0.325 e. The highest BCUT2D eigenvalue weighted by Gasteiger charge is 2.40. The second-order valence-electron chi connectivity index (χ2n) is 7.18. The van der Waals surface area contributed by atoms with Crippen LogP contribution in [0.2, 0.25) is 5.02 Å². The molecule has 4 nitrogen and oxygen atoms in total. The molecule has 1 aliphatic rings. The Labute approximate surface area is 159 Å². The highest BCUT2D eigenvalue weighted by molar-refractivity contribution is 6.31. The number of fused-ring (bicyclic) bond motifs is 1. The fourth-order valence-electron chi connectivity index (χ4n) is 3.20. The van der Waals surface area contributed by atoms with Crippen molar-refractivity contribution in [2.24, 2.45) is 5.41 Å². The SMILES string of the molecule is Cc1c(Cl)cccc1NC(=O)C(C)(C)C(=O)N1CCCc2ccccc21. The summed E-state index contributed by atoms with van der Waals surface area (Å²) >= 11 is 6.13. The van der Waals surface area contributed by atoms with Gasteiger partial charge in [0.15, 0.2) is 0 Å². The Morgan fingerprint density at radius 3 is 2.62 bits per heavy atom. The molecule has 0 bridgehead atoms. The van der Waals surface area contributed by atoms with E-state index >= 15 is 0 Å². The van der Waals surface area contributed by atoms with Crippen LogP contribution in [-0.4, -0.2) is 18.4 Å². The van der Waals surface area contributed by atoms with Crippen LogP contribution in [0.4, 0.5) is 11.4 Å². The summed E-state index contributed by atoms with van der Waals surface area (Å²) in [7, 11) is 0. The second-order valence-corrected chi connectivity index (χ2v) is 7.59. The standard InChI is InChI=1S/C21H23ClN2O2/c1-14-16(22)10-6-11-17(14)23-19(25)21(2,3)20(26)24-13-7-9-15-8-4-5-12-18(15)24/h4-6,8,10-12H,7,9,13H2,1-3H3,(H,23,25). The number of aryl methyl sites for hydroxylation is 1. The summed E-state index contributed by atoms with van der Waals surface area (Å²) < 4.78 is 0. The lowest BCUT2D eigenvalue weighted by Crippen LogP contribution is -2.49. The number of carbonyl (C=O) groups excluding carboxylic acids is 2.